The smallest absolute Gasteiger partial charge is 0.314 e. The van der Waals surface area contributed by atoms with Crippen molar-refractivity contribution in [2.45, 2.75) is 25.3 Å². The van der Waals surface area contributed by atoms with Crippen LogP contribution in [-0.2, 0) is 4.74 Å². The van der Waals surface area contributed by atoms with Crippen molar-refractivity contribution >= 4 is 6.03 Å². The molecule has 0 aromatic heterocycles. The number of amides is 2. The predicted molar refractivity (Wildman–Crippen MR) is 58.9 cm³/mol. The van der Waals surface area contributed by atoms with Gasteiger partial charge in [0.15, 0.2) is 0 Å². The third-order valence-electron chi connectivity index (χ3n) is 2.68. The van der Waals surface area contributed by atoms with Gasteiger partial charge in [-0.05, 0) is 26.3 Å². The molecule has 1 rings (SSSR count). The number of rotatable bonds is 5. The molecule has 0 aliphatic carbocycles. The number of urea groups is 1. The standard InChI is InChI=1S/C10H21N3O2/c1-3-11-9(14)12-7-10(8-15-2)5-4-6-13-10/h13H,3-8H2,1-2H3,(H2,11,12,14). The van der Waals surface area contributed by atoms with Crippen LogP contribution in [0.5, 0.6) is 0 Å². The van der Waals surface area contributed by atoms with Crippen molar-refractivity contribution < 1.29 is 9.53 Å². The van der Waals surface area contributed by atoms with E-state index in [9.17, 15) is 4.79 Å². The summed E-state index contributed by atoms with van der Waals surface area (Å²) in [5, 5.41) is 8.97. The van der Waals surface area contributed by atoms with Crippen LogP contribution < -0.4 is 16.0 Å². The Hall–Kier alpha value is -0.810. The van der Waals surface area contributed by atoms with Crippen LogP contribution in [0, 0.1) is 0 Å². The highest BCUT2D eigenvalue weighted by Gasteiger charge is 2.33. The van der Waals surface area contributed by atoms with E-state index in [1.54, 1.807) is 7.11 Å². The molecule has 5 nitrogen and oxygen atoms in total. The molecule has 1 aliphatic rings. The molecule has 1 saturated heterocycles. The summed E-state index contributed by atoms with van der Waals surface area (Å²) in [6.45, 7) is 4.81. The Balaban J connectivity index is 2.35. The Kier molecular flexibility index (Phi) is 4.84. The highest BCUT2D eigenvalue weighted by atomic mass is 16.5. The van der Waals surface area contributed by atoms with E-state index < -0.39 is 0 Å². The minimum Gasteiger partial charge on any atom is -0.383 e. The molecule has 0 aromatic carbocycles. The molecule has 5 heteroatoms. The first-order chi connectivity index (χ1) is 7.22. The highest BCUT2D eigenvalue weighted by Crippen LogP contribution is 2.18. The minimum absolute atomic E-state index is 0.0696. The fourth-order valence-corrected chi connectivity index (χ4v) is 1.94. The van der Waals surface area contributed by atoms with Crippen LogP contribution in [0.25, 0.3) is 0 Å². The van der Waals surface area contributed by atoms with E-state index in [1.807, 2.05) is 6.92 Å². The molecule has 1 aliphatic heterocycles. The topological polar surface area (TPSA) is 62.4 Å². The van der Waals surface area contributed by atoms with Crippen molar-refractivity contribution in [2.75, 3.05) is 33.4 Å². The molecule has 0 spiro atoms. The van der Waals surface area contributed by atoms with E-state index >= 15 is 0 Å². The maximum absolute atomic E-state index is 11.3. The van der Waals surface area contributed by atoms with Crippen LogP contribution >= 0.6 is 0 Å². The molecule has 1 atom stereocenters. The molecule has 15 heavy (non-hydrogen) atoms. The molecule has 0 aromatic rings. The first-order valence-corrected chi connectivity index (χ1v) is 5.48. The zero-order valence-electron chi connectivity index (χ0n) is 9.56. The Morgan fingerprint density at radius 3 is 2.87 bits per heavy atom. The molecule has 0 bridgehead atoms. The van der Waals surface area contributed by atoms with Gasteiger partial charge in [-0.25, -0.2) is 4.79 Å². The van der Waals surface area contributed by atoms with Crippen molar-refractivity contribution in [3.63, 3.8) is 0 Å². The maximum Gasteiger partial charge on any atom is 0.314 e. The Labute approximate surface area is 90.9 Å². The second-order valence-corrected chi connectivity index (χ2v) is 3.96. The highest BCUT2D eigenvalue weighted by molar-refractivity contribution is 5.73. The van der Waals surface area contributed by atoms with Crippen LogP contribution in [-0.4, -0.2) is 44.9 Å². The van der Waals surface area contributed by atoms with Crippen molar-refractivity contribution in [2.24, 2.45) is 0 Å². The Bertz CT molecular complexity index is 203. The number of methoxy groups -OCH3 is 1. The van der Waals surface area contributed by atoms with Crippen molar-refractivity contribution in [1.29, 1.82) is 0 Å². The van der Waals surface area contributed by atoms with Gasteiger partial charge < -0.3 is 20.7 Å². The molecule has 1 unspecified atom stereocenters. The lowest BCUT2D eigenvalue weighted by atomic mass is 9.99. The SMILES string of the molecule is CCNC(=O)NCC1(COC)CCCN1. The Morgan fingerprint density at radius 2 is 2.33 bits per heavy atom. The van der Waals surface area contributed by atoms with Gasteiger partial charge in [0.1, 0.15) is 0 Å². The number of hydrogen-bond donors (Lipinski definition) is 3. The van der Waals surface area contributed by atoms with Gasteiger partial charge in [-0.2, -0.15) is 0 Å². The van der Waals surface area contributed by atoms with Crippen LogP contribution in [0.2, 0.25) is 0 Å². The molecule has 2 amide bonds. The second kappa shape index (κ2) is 5.92. The summed E-state index contributed by atoms with van der Waals surface area (Å²) in [5.74, 6) is 0. The Morgan fingerprint density at radius 1 is 1.53 bits per heavy atom. The van der Waals surface area contributed by atoms with Crippen LogP contribution in [0.4, 0.5) is 4.79 Å². The predicted octanol–water partition coefficient (Wildman–Crippen LogP) is 0.0741. The summed E-state index contributed by atoms with van der Waals surface area (Å²) in [4.78, 5) is 11.3. The molecule has 0 saturated carbocycles. The summed E-state index contributed by atoms with van der Waals surface area (Å²) >= 11 is 0. The van der Waals surface area contributed by atoms with E-state index in [1.165, 1.54) is 0 Å². The molecular weight excluding hydrogens is 194 g/mol. The normalized spacial score (nSPS) is 25.2. The van der Waals surface area contributed by atoms with E-state index in [2.05, 4.69) is 16.0 Å². The average Bonchev–Trinajstić information content (AvgIpc) is 2.65. The summed E-state index contributed by atoms with van der Waals surface area (Å²) < 4.78 is 5.19. The summed E-state index contributed by atoms with van der Waals surface area (Å²) in [5.41, 5.74) is -0.0696. The van der Waals surface area contributed by atoms with Crippen LogP contribution in [0.15, 0.2) is 0 Å². The summed E-state index contributed by atoms with van der Waals surface area (Å²) in [6, 6.07) is -0.110. The number of nitrogens with one attached hydrogen (secondary N) is 3. The quantitative estimate of drug-likeness (QED) is 0.608. The van der Waals surface area contributed by atoms with Crippen molar-refractivity contribution in [3.05, 3.63) is 0 Å². The van der Waals surface area contributed by atoms with Crippen LogP contribution in [0.3, 0.4) is 0 Å². The monoisotopic (exact) mass is 215 g/mol. The van der Waals surface area contributed by atoms with Gasteiger partial charge in [-0.3, -0.25) is 0 Å². The minimum atomic E-state index is -0.110. The number of carbonyl (C=O) groups excluding carboxylic acids is 1. The van der Waals surface area contributed by atoms with Gasteiger partial charge >= 0.3 is 6.03 Å². The lowest BCUT2D eigenvalue weighted by molar-refractivity contribution is 0.120. The lowest BCUT2D eigenvalue weighted by Gasteiger charge is -2.28. The second-order valence-electron chi connectivity index (χ2n) is 3.96. The van der Waals surface area contributed by atoms with Gasteiger partial charge in [0.25, 0.3) is 0 Å². The third kappa shape index (κ3) is 3.68. The summed E-state index contributed by atoms with van der Waals surface area (Å²) in [6.07, 6.45) is 2.19. The van der Waals surface area contributed by atoms with E-state index in [-0.39, 0.29) is 11.6 Å². The van der Waals surface area contributed by atoms with E-state index in [4.69, 9.17) is 4.74 Å². The zero-order chi connectivity index (χ0) is 11.1. The van der Waals surface area contributed by atoms with Crippen LogP contribution in [0.1, 0.15) is 19.8 Å². The fourth-order valence-electron chi connectivity index (χ4n) is 1.94. The van der Waals surface area contributed by atoms with Crippen molar-refractivity contribution in [3.8, 4) is 0 Å². The average molecular weight is 215 g/mol. The molecule has 1 heterocycles. The molecule has 3 N–H and O–H groups in total. The number of hydrogen-bond acceptors (Lipinski definition) is 3. The molecule has 1 fully saturated rings. The molecular formula is C10H21N3O2. The first kappa shape index (κ1) is 12.3. The van der Waals surface area contributed by atoms with E-state index in [0.29, 0.717) is 19.7 Å². The lowest BCUT2D eigenvalue weighted by Crippen LogP contribution is -2.54. The molecule has 88 valence electrons. The van der Waals surface area contributed by atoms with E-state index in [0.717, 1.165) is 19.4 Å². The number of ether oxygens (including phenoxy) is 1. The van der Waals surface area contributed by atoms with Crippen molar-refractivity contribution in [1.82, 2.24) is 16.0 Å². The zero-order valence-corrected chi connectivity index (χ0v) is 9.56. The van der Waals surface area contributed by atoms with Gasteiger partial charge in [0.05, 0.1) is 12.1 Å². The molecule has 0 radical (unpaired) electrons. The first-order valence-electron chi connectivity index (χ1n) is 5.48. The number of carbonyl (C=O) groups is 1. The largest absolute Gasteiger partial charge is 0.383 e. The van der Waals surface area contributed by atoms with Gasteiger partial charge in [-0.1, -0.05) is 0 Å². The fraction of sp³-hybridized carbons (Fsp3) is 0.900. The summed E-state index contributed by atoms with van der Waals surface area (Å²) in [7, 11) is 1.69. The third-order valence-corrected chi connectivity index (χ3v) is 2.68. The maximum atomic E-state index is 11.3. The van der Waals surface area contributed by atoms with Gasteiger partial charge in [0, 0.05) is 20.2 Å². The van der Waals surface area contributed by atoms with Gasteiger partial charge in [-0.15, -0.1) is 0 Å². The van der Waals surface area contributed by atoms with Gasteiger partial charge in [0.2, 0.25) is 0 Å².